The minimum atomic E-state index is -0.484. The molecule has 0 unspecified atom stereocenters. The highest BCUT2D eigenvalue weighted by atomic mass is 35.5. The Morgan fingerprint density at radius 3 is 2.64 bits per heavy atom. The number of carbonyl (C=O) groups excluding carboxylic acids is 2. The molecule has 1 aromatic carbocycles. The molecule has 1 aliphatic rings. The number of halogens is 1. The Bertz CT molecular complexity index is 748. The summed E-state index contributed by atoms with van der Waals surface area (Å²) in [5.74, 6) is 0.665. The van der Waals surface area contributed by atoms with Crippen LogP contribution >= 0.6 is 23.4 Å². The highest BCUT2D eigenvalue weighted by molar-refractivity contribution is 7.99. The lowest BCUT2D eigenvalue weighted by Crippen LogP contribution is -2.44. The molecule has 8 nitrogen and oxygen atoms in total. The molecule has 1 saturated carbocycles. The van der Waals surface area contributed by atoms with Crippen LogP contribution in [0.15, 0.2) is 33.9 Å². The van der Waals surface area contributed by atoms with Gasteiger partial charge in [0, 0.05) is 10.9 Å². The average molecular weight is 383 g/mol. The van der Waals surface area contributed by atoms with Crippen LogP contribution in [0.25, 0.3) is 0 Å². The fraction of sp³-hybridized carbons (Fsp3) is 0.333. The van der Waals surface area contributed by atoms with Gasteiger partial charge in [-0.25, -0.2) is 0 Å². The van der Waals surface area contributed by atoms with Crippen molar-refractivity contribution >= 4 is 35.2 Å². The lowest BCUT2D eigenvalue weighted by molar-refractivity contribution is -0.128. The predicted molar refractivity (Wildman–Crippen MR) is 90.2 cm³/mol. The van der Waals surface area contributed by atoms with E-state index in [4.69, 9.17) is 20.8 Å². The number of thioether (sulfide) groups is 1. The van der Waals surface area contributed by atoms with Crippen molar-refractivity contribution in [3.05, 3.63) is 35.2 Å². The largest absolute Gasteiger partial charge is 0.484 e. The molecule has 0 spiro atoms. The van der Waals surface area contributed by atoms with Crippen molar-refractivity contribution < 1.29 is 18.7 Å². The molecule has 0 radical (unpaired) electrons. The molecule has 2 amide bonds. The number of ether oxygens (including phenoxy) is 1. The first-order chi connectivity index (χ1) is 12.1. The molecule has 2 N–H and O–H groups in total. The summed E-state index contributed by atoms with van der Waals surface area (Å²) in [5.41, 5.74) is 4.55. The van der Waals surface area contributed by atoms with Crippen molar-refractivity contribution in [1.29, 1.82) is 0 Å². The molecule has 1 fully saturated rings. The van der Waals surface area contributed by atoms with E-state index in [1.807, 2.05) is 0 Å². The Morgan fingerprint density at radius 1 is 1.20 bits per heavy atom. The second-order valence-corrected chi connectivity index (χ2v) is 6.67. The molecule has 0 atom stereocenters. The summed E-state index contributed by atoms with van der Waals surface area (Å²) in [6.45, 7) is -0.233. The summed E-state index contributed by atoms with van der Waals surface area (Å²) in [6.07, 6.45) is 2.13. The third kappa shape index (κ3) is 5.64. The Morgan fingerprint density at radius 2 is 1.92 bits per heavy atom. The maximum Gasteiger partial charge on any atom is 0.277 e. The van der Waals surface area contributed by atoms with Gasteiger partial charge in [-0.15, -0.1) is 10.2 Å². The number of amides is 2. The monoisotopic (exact) mass is 382 g/mol. The van der Waals surface area contributed by atoms with Crippen molar-refractivity contribution in [2.75, 3.05) is 12.4 Å². The van der Waals surface area contributed by atoms with Crippen molar-refractivity contribution in [2.24, 2.45) is 0 Å². The van der Waals surface area contributed by atoms with E-state index >= 15 is 0 Å². The lowest BCUT2D eigenvalue weighted by atomic mass is 10.3. The molecule has 25 heavy (non-hydrogen) atoms. The van der Waals surface area contributed by atoms with E-state index in [1.165, 1.54) is 0 Å². The molecule has 10 heteroatoms. The molecule has 3 rings (SSSR count). The number of rotatable bonds is 7. The summed E-state index contributed by atoms with van der Waals surface area (Å²) in [4.78, 5) is 23.3. The first kappa shape index (κ1) is 17.6. The van der Waals surface area contributed by atoms with E-state index in [9.17, 15) is 9.59 Å². The van der Waals surface area contributed by atoms with Gasteiger partial charge in [0.2, 0.25) is 11.8 Å². The van der Waals surface area contributed by atoms with Crippen LogP contribution in [0.4, 0.5) is 0 Å². The Hall–Kier alpha value is -2.26. The highest BCUT2D eigenvalue weighted by Gasteiger charge is 2.29. The summed E-state index contributed by atoms with van der Waals surface area (Å²) in [6, 6.07) is 6.59. The van der Waals surface area contributed by atoms with Crippen LogP contribution in [0.1, 0.15) is 24.7 Å². The van der Waals surface area contributed by atoms with Gasteiger partial charge >= 0.3 is 0 Å². The van der Waals surface area contributed by atoms with Gasteiger partial charge in [-0.3, -0.25) is 20.4 Å². The quantitative estimate of drug-likeness (QED) is 0.556. The molecule has 0 bridgehead atoms. The van der Waals surface area contributed by atoms with Gasteiger partial charge in [0.15, 0.2) is 6.61 Å². The first-order valence-electron chi connectivity index (χ1n) is 7.52. The first-order valence-corrected chi connectivity index (χ1v) is 8.89. The fourth-order valence-corrected chi connectivity index (χ4v) is 2.49. The average Bonchev–Trinajstić information content (AvgIpc) is 3.36. The lowest BCUT2D eigenvalue weighted by Gasteiger charge is -2.08. The second kappa shape index (κ2) is 8.21. The van der Waals surface area contributed by atoms with Crippen molar-refractivity contribution in [3.63, 3.8) is 0 Å². The summed E-state index contributed by atoms with van der Waals surface area (Å²) < 4.78 is 10.7. The van der Waals surface area contributed by atoms with E-state index in [2.05, 4.69) is 21.0 Å². The van der Waals surface area contributed by atoms with Crippen LogP contribution in [0, 0.1) is 0 Å². The molecular formula is C15H15ClN4O4S. The zero-order valence-electron chi connectivity index (χ0n) is 13.0. The zero-order valence-corrected chi connectivity index (χ0v) is 14.6. The number of hydrogen-bond donors (Lipinski definition) is 2. The molecule has 1 heterocycles. The number of nitrogens with one attached hydrogen (secondary N) is 2. The van der Waals surface area contributed by atoms with Gasteiger partial charge in [0.05, 0.1) is 5.75 Å². The van der Waals surface area contributed by atoms with Crippen molar-refractivity contribution in [1.82, 2.24) is 21.0 Å². The zero-order chi connectivity index (χ0) is 17.6. The van der Waals surface area contributed by atoms with E-state index in [0.717, 1.165) is 24.6 Å². The molecule has 132 valence electrons. The number of nitrogens with zero attached hydrogens (tertiary/aromatic N) is 2. The Balaban J connectivity index is 1.32. The summed E-state index contributed by atoms with van der Waals surface area (Å²) in [5, 5.41) is 8.71. The van der Waals surface area contributed by atoms with E-state index in [0.29, 0.717) is 27.8 Å². The number of hydrazine groups is 1. The predicted octanol–water partition coefficient (Wildman–Crippen LogP) is 1.92. The number of hydrogen-bond acceptors (Lipinski definition) is 7. The molecule has 1 aromatic heterocycles. The van der Waals surface area contributed by atoms with E-state index in [-0.39, 0.29) is 12.4 Å². The Kier molecular flexibility index (Phi) is 5.77. The van der Waals surface area contributed by atoms with Crippen LogP contribution in [-0.2, 0) is 9.59 Å². The third-order valence-corrected chi connectivity index (χ3v) is 4.27. The SMILES string of the molecule is O=C(COc1ccc(Cl)cc1)NNC(=O)CSc1nnc(C2CC2)o1. The minimum absolute atomic E-state index is 0.0463. The van der Waals surface area contributed by atoms with Crippen LogP contribution in [-0.4, -0.2) is 34.4 Å². The minimum Gasteiger partial charge on any atom is -0.484 e. The van der Waals surface area contributed by atoms with Gasteiger partial charge in [-0.05, 0) is 37.1 Å². The van der Waals surface area contributed by atoms with Crippen LogP contribution in [0.3, 0.4) is 0 Å². The van der Waals surface area contributed by atoms with Crippen molar-refractivity contribution in [2.45, 2.75) is 24.0 Å². The normalized spacial score (nSPS) is 13.3. The van der Waals surface area contributed by atoms with Crippen LogP contribution in [0.2, 0.25) is 5.02 Å². The van der Waals surface area contributed by atoms with Crippen LogP contribution < -0.4 is 15.6 Å². The van der Waals surface area contributed by atoms with Gasteiger partial charge in [-0.1, -0.05) is 23.4 Å². The molecule has 2 aromatic rings. The number of carbonyl (C=O) groups is 2. The molecule has 0 saturated heterocycles. The summed E-state index contributed by atoms with van der Waals surface area (Å²) in [7, 11) is 0. The van der Waals surface area contributed by atoms with Gasteiger partial charge in [0.1, 0.15) is 5.75 Å². The standard InChI is InChI=1S/C15H15ClN4O4S/c16-10-3-5-11(6-4-10)23-7-12(21)17-18-13(22)8-25-15-20-19-14(24-15)9-1-2-9/h3-6,9H,1-2,7-8H2,(H,17,21)(H,18,22). The molecule has 0 aliphatic heterocycles. The van der Waals surface area contributed by atoms with Gasteiger partial charge in [0.25, 0.3) is 11.1 Å². The maximum absolute atomic E-state index is 11.7. The highest BCUT2D eigenvalue weighted by Crippen LogP contribution is 2.39. The topological polar surface area (TPSA) is 106 Å². The molecule has 1 aliphatic carbocycles. The third-order valence-electron chi connectivity index (χ3n) is 3.20. The summed E-state index contributed by atoms with van der Waals surface area (Å²) >= 11 is 6.86. The fourth-order valence-electron chi connectivity index (χ4n) is 1.79. The van der Waals surface area contributed by atoms with E-state index in [1.54, 1.807) is 24.3 Å². The Labute approximate surface area is 152 Å². The molecular weight excluding hydrogens is 368 g/mol. The van der Waals surface area contributed by atoms with Crippen LogP contribution in [0.5, 0.6) is 5.75 Å². The maximum atomic E-state index is 11.7. The smallest absolute Gasteiger partial charge is 0.277 e. The van der Waals surface area contributed by atoms with Gasteiger partial charge in [-0.2, -0.15) is 0 Å². The number of benzene rings is 1. The van der Waals surface area contributed by atoms with E-state index < -0.39 is 11.8 Å². The second-order valence-electron chi connectivity index (χ2n) is 5.31. The van der Waals surface area contributed by atoms with Crippen molar-refractivity contribution in [3.8, 4) is 5.75 Å². The number of aromatic nitrogens is 2. The van der Waals surface area contributed by atoms with Gasteiger partial charge < -0.3 is 9.15 Å².